The van der Waals surface area contributed by atoms with Crippen LogP contribution in [0.3, 0.4) is 0 Å². The second-order valence-electron chi connectivity index (χ2n) is 5.37. The van der Waals surface area contributed by atoms with Gasteiger partial charge in [-0.1, -0.05) is 6.07 Å². The van der Waals surface area contributed by atoms with E-state index in [1.807, 2.05) is 13.0 Å². The van der Waals surface area contributed by atoms with Crippen molar-refractivity contribution >= 4 is 29.2 Å². The molecule has 1 aliphatic rings. The molecule has 122 valence electrons. The van der Waals surface area contributed by atoms with Crippen molar-refractivity contribution in [3.63, 3.8) is 0 Å². The van der Waals surface area contributed by atoms with Gasteiger partial charge in [-0.25, -0.2) is 4.79 Å². The summed E-state index contributed by atoms with van der Waals surface area (Å²) in [4.78, 5) is 34.8. The molecule has 23 heavy (non-hydrogen) atoms. The van der Waals surface area contributed by atoms with Crippen molar-refractivity contribution < 1.29 is 19.1 Å². The van der Waals surface area contributed by atoms with Crippen LogP contribution < -0.4 is 10.6 Å². The molecule has 0 spiro atoms. The van der Waals surface area contributed by atoms with Gasteiger partial charge in [0.15, 0.2) is 0 Å². The van der Waals surface area contributed by atoms with Gasteiger partial charge in [-0.05, 0) is 44.4 Å². The third-order valence-electron chi connectivity index (χ3n) is 3.37. The molecule has 0 saturated heterocycles. The lowest BCUT2D eigenvalue weighted by Crippen LogP contribution is -2.15. The zero-order chi connectivity index (χ0) is 16.8. The first kappa shape index (κ1) is 16.7. The summed E-state index contributed by atoms with van der Waals surface area (Å²) in [6, 6.07) is 5.25. The largest absolute Gasteiger partial charge is 0.463 e. The van der Waals surface area contributed by atoms with E-state index in [0.717, 1.165) is 30.6 Å². The summed E-state index contributed by atoms with van der Waals surface area (Å²) in [5.41, 5.74) is 2.13. The smallest absolute Gasteiger partial charge is 0.330 e. The first-order valence-electron chi connectivity index (χ1n) is 7.57. The lowest BCUT2D eigenvalue weighted by Gasteiger charge is -2.10. The zero-order valence-corrected chi connectivity index (χ0v) is 13.2. The number of carbonyl (C=O) groups excluding carboxylic acids is 3. The Labute approximate surface area is 134 Å². The Morgan fingerprint density at radius 2 is 1.96 bits per heavy atom. The third-order valence-corrected chi connectivity index (χ3v) is 3.37. The number of anilines is 2. The molecule has 0 unspecified atom stereocenters. The van der Waals surface area contributed by atoms with Crippen LogP contribution in [0.4, 0.5) is 11.4 Å². The van der Waals surface area contributed by atoms with Crippen molar-refractivity contribution in [2.24, 2.45) is 5.92 Å². The molecule has 1 aromatic carbocycles. The quantitative estimate of drug-likeness (QED) is 0.623. The summed E-state index contributed by atoms with van der Waals surface area (Å²) in [7, 11) is 0. The molecule has 2 amide bonds. The van der Waals surface area contributed by atoms with E-state index in [2.05, 4.69) is 10.6 Å². The number of hydrogen-bond donors (Lipinski definition) is 2. The van der Waals surface area contributed by atoms with E-state index in [-0.39, 0.29) is 18.4 Å². The standard InChI is InChI=1S/C17H20N2O4/c1-3-23-16(21)9-8-15(20)18-13-7-4-11(2)14(10-13)19-17(22)12-5-6-12/h4,7-10,12H,3,5-6H2,1-2H3,(H,18,20)(H,19,22)/b9-8+. The van der Waals surface area contributed by atoms with Gasteiger partial charge in [-0.3, -0.25) is 9.59 Å². The van der Waals surface area contributed by atoms with Crippen molar-refractivity contribution in [3.8, 4) is 0 Å². The molecule has 1 aliphatic carbocycles. The molecule has 6 heteroatoms. The molecular weight excluding hydrogens is 296 g/mol. The fourth-order valence-corrected chi connectivity index (χ4v) is 1.93. The molecule has 0 aliphatic heterocycles. The summed E-state index contributed by atoms with van der Waals surface area (Å²) in [5.74, 6) is -0.885. The SMILES string of the molecule is CCOC(=O)/C=C/C(=O)Nc1ccc(C)c(NC(=O)C2CC2)c1. The van der Waals surface area contributed by atoms with Crippen LogP contribution in [0.1, 0.15) is 25.3 Å². The zero-order valence-electron chi connectivity index (χ0n) is 13.2. The summed E-state index contributed by atoms with van der Waals surface area (Å²) in [6.45, 7) is 3.83. The minimum absolute atomic E-state index is 0.0128. The van der Waals surface area contributed by atoms with Gasteiger partial charge in [0.05, 0.1) is 6.61 Å². The first-order chi connectivity index (χ1) is 11.0. The Morgan fingerprint density at radius 3 is 2.61 bits per heavy atom. The van der Waals surface area contributed by atoms with Gasteiger partial charge in [0.25, 0.3) is 0 Å². The minimum Gasteiger partial charge on any atom is -0.463 e. The molecule has 0 bridgehead atoms. The highest BCUT2D eigenvalue weighted by molar-refractivity contribution is 6.03. The Bertz CT molecular complexity index is 648. The van der Waals surface area contributed by atoms with Crippen LogP contribution in [0, 0.1) is 12.8 Å². The maximum Gasteiger partial charge on any atom is 0.330 e. The second-order valence-corrected chi connectivity index (χ2v) is 5.37. The number of benzene rings is 1. The lowest BCUT2D eigenvalue weighted by atomic mass is 10.1. The van der Waals surface area contributed by atoms with Crippen molar-refractivity contribution in [1.82, 2.24) is 0 Å². The van der Waals surface area contributed by atoms with Crippen LogP contribution >= 0.6 is 0 Å². The highest BCUT2D eigenvalue weighted by Crippen LogP contribution is 2.31. The molecule has 1 aromatic rings. The number of ether oxygens (including phenoxy) is 1. The maximum absolute atomic E-state index is 11.8. The number of hydrogen-bond acceptors (Lipinski definition) is 4. The van der Waals surface area contributed by atoms with Crippen molar-refractivity contribution in [1.29, 1.82) is 0 Å². The lowest BCUT2D eigenvalue weighted by molar-refractivity contribution is -0.137. The highest BCUT2D eigenvalue weighted by atomic mass is 16.5. The average Bonchev–Trinajstić information content (AvgIpc) is 3.33. The summed E-state index contributed by atoms with van der Waals surface area (Å²) in [6.07, 6.45) is 4.04. The highest BCUT2D eigenvalue weighted by Gasteiger charge is 2.29. The molecule has 1 fully saturated rings. The number of carbonyl (C=O) groups is 3. The summed E-state index contributed by atoms with van der Waals surface area (Å²) < 4.78 is 4.70. The number of amides is 2. The molecule has 2 rings (SSSR count). The number of nitrogens with one attached hydrogen (secondary N) is 2. The van der Waals surface area contributed by atoms with E-state index in [1.54, 1.807) is 19.1 Å². The van der Waals surface area contributed by atoms with E-state index in [4.69, 9.17) is 4.74 Å². The second kappa shape index (κ2) is 7.58. The Morgan fingerprint density at radius 1 is 1.22 bits per heavy atom. The maximum atomic E-state index is 11.8. The molecule has 1 saturated carbocycles. The topological polar surface area (TPSA) is 84.5 Å². The van der Waals surface area contributed by atoms with Crippen molar-refractivity contribution in [2.75, 3.05) is 17.2 Å². The number of esters is 1. The van der Waals surface area contributed by atoms with Gasteiger partial charge in [0.1, 0.15) is 0 Å². The molecule has 6 nitrogen and oxygen atoms in total. The van der Waals surface area contributed by atoms with Crippen LogP contribution in [0.15, 0.2) is 30.4 Å². The van der Waals surface area contributed by atoms with Gasteiger partial charge in [-0.2, -0.15) is 0 Å². The van der Waals surface area contributed by atoms with Gasteiger partial charge in [0.2, 0.25) is 11.8 Å². The van der Waals surface area contributed by atoms with E-state index in [1.165, 1.54) is 0 Å². The normalized spacial score (nSPS) is 13.7. The Hall–Kier alpha value is -2.63. The van der Waals surface area contributed by atoms with Gasteiger partial charge >= 0.3 is 5.97 Å². The summed E-state index contributed by atoms with van der Waals surface area (Å²) >= 11 is 0. The van der Waals surface area contributed by atoms with Gasteiger partial charge in [0, 0.05) is 29.4 Å². The monoisotopic (exact) mass is 316 g/mol. The van der Waals surface area contributed by atoms with E-state index in [9.17, 15) is 14.4 Å². The number of rotatable bonds is 6. The molecule has 0 aromatic heterocycles. The molecule has 0 atom stereocenters. The predicted molar refractivity (Wildman–Crippen MR) is 86.9 cm³/mol. The third kappa shape index (κ3) is 5.25. The van der Waals surface area contributed by atoms with E-state index < -0.39 is 11.9 Å². The van der Waals surface area contributed by atoms with Crippen LogP contribution in [0.25, 0.3) is 0 Å². The minimum atomic E-state index is -0.566. The van der Waals surface area contributed by atoms with Crippen LogP contribution in [-0.4, -0.2) is 24.4 Å². The average molecular weight is 316 g/mol. The molecule has 2 N–H and O–H groups in total. The fraction of sp³-hybridized carbons (Fsp3) is 0.353. The van der Waals surface area contributed by atoms with E-state index >= 15 is 0 Å². The van der Waals surface area contributed by atoms with Crippen LogP contribution in [-0.2, 0) is 19.1 Å². The van der Waals surface area contributed by atoms with Crippen LogP contribution in [0.2, 0.25) is 0 Å². The first-order valence-corrected chi connectivity index (χ1v) is 7.57. The molecular formula is C17H20N2O4. The van der Waals surface area contributed by atoms with Crippen LogP contribution in [0.5, 0.6) is 0 Å². The Balaban J connectivity index is 1.98. The van der Waals surface area contributed by atoms with Crippen molar-refractivity contribution in [3.05, 3.63) is 35.9 Å². The van der Waals surface area contributed by atoms with E-state index in [0.29, 0.717) is 11.4 Å². The fourth-order valence-electron chi connectivity index (χ4n) is 1.93. The molecule has 0 heterocycles. The predicted octanol–water partition coefficient (Wildman–Crippen LogP) is 2.40. The number of aryl methyl sites for hydroxylation is 1. The molecule has 0 radical (unpaired) electrons. The summed E-state index contributed by atoms with van der Waals surface area (Å²) in [5, 5.41) is 5.51. The van der Waals surface area contributed by atoms with Gasteiger partial charge in [-0.15, -0.1) is 0 Å². The van der Waals surface area contributed by atoms with Gasteiger partial charge < -0.3 is 15.4 Å². The Kier molecular flexibility index (Phi) is 5.51. The van der Waals surface area contributed by atoms with Crippen molar-refractivity contribution in [2.45, 2.75) is 26.7 Å².